The van der Waals surface area contributed by atoms with Gasteiger partial charge in [-0.05, 0) is 26.0 Å². The molecule has 4 heteroatoms. The lowest BCUT2D eigenvalue weighted by Crippen LogP contribution is -2.03. The second-order valence-electron chi connectivity index (χ2n) is 3.77. The predicted octanol–water partition coefficient (Wildman–Crippen LogP) is 3.79. The van der Waals surface area contributed by atoms with Crippen molar-refractivity contribution in [2.24, 2.45) is 5.73 Å². The van der Waals surface area contributed by atoms with Gasteiger partial charge in [0.2, 0.25) is 0 Å². The Labute approximate surface area is 104 Å². The van der Waals surface area contributed by atoms with E-state index < -0.39 is 0 Å². The number of aryl methyl sites for hydroxylation is 1. The van der Waals surface area contributed by atoms with Crippen molar-refractivity contribution < 1.29 is 0 Å². The number of benzene rings is 1. The maximum atomic E-state index is 5.96. The molecule has 0 bridgehead atoms. The number of nitrogens with two attached hydrogens (primary N) is 1. The smallest absolute Gasteiger partial charge is 0.123 e. The summed E-state index contributed by atoms with van der Waals surface area (Å²) >= 11 is 7.59. The van der Waals surface area contributed by atoms with Crippen LogP contribution in [0.3, 0.4) is 0 Å². The molecule has 84 valence electrons. The quantitative estimate of drug-likeness (QED) is 0.883. The van der Waals surface area contributed by atoms with Crippen molar-refractivity contribution in [3.63, 3.8) is 0 Å². The predicted molar refractivity (Wildman–Crippen MR) is 69.9 cm³/mol. The van der Waals surface area contributed by atoms with Gasteiger partial charge in [-0.3, -0.25) is 0 Å². The Kier molecular flexibility index (Phi) is 3.28. The average Bonchev–Trinajstić information content (AvgIpc) is 2.60. The van der Waals surface area contributed by atoms with Gasteiger partial charge in [-0.15, -0.1) is 11.3 Å². The van der Waals surface area contributed by atoms with E-state index in [1.54, 1.807) is 11.3 Å². The third-order valence-corrected chi connectivity index (χ3v) is 3.96. The summed E-state index contributed by atoms with van der Waals surface area (Å²) in [5, 5.41) is 1.71. The fourth-order valence-corrected chi connectivity index (χ4v) is 2.78. The van der Waals surface area contributed by atoms with Gasteiger partial charge in [0.1, 0.15) is 5.01 Å². The van der Waals surface area contributed by atoms with Gasteiger partial charge in [0.25, 0.3) is 0 Å². The zero-order valence-electron chi connectivity index (χ0n) is 9.20. The molecule has 16 heavy (non-hydrogen) atoms. The summed E-state index contributed by atoms with van der Waals surface area (Å²) in [6.07, 6.45) is 0. The third kappa shape index (κ3) is 2.26. The topological polar surface area (TPSA) is 38.9 Å². The fraction of sp³-hybridized carbons (Fsp3) is 0.250. The Bertz CT molecular complexity index is 505. The van der Waals surface area contributed by atoms with Gasteiger partial charge in [-0.2, -0.15) is 0 Å². The first kappa shape index (κ1) is 11.6. The first-order valence-corrected chi connectivity index (χ1v) is 6.26. The van der Waals surface area contributed by atoms with Gasteiger partial charge < -0.3 is 5.73 Å². The van der Waals surface area contributed by atoms with Crippen LogP contribution in [0.1, 0.15) is 23.5 Å². The van der Waals surface area contributed by atoms with Crippen LogP contribution in [-0.2, 0) is 0 Å². The number of aromatic nitrogens is 1. The minimum atomic E-state index is 0.0328. The van der Waals surface area contributed by atoms with Crippen molar-refractivity contribution in [2.75, 3.05) is 0 Å². The number of hydrogen-bond acceptors (Lipinski definition) is 3. The van der Waals surface area contributed by atoms with E-state index in [9.17, 15) is 0 Å². The highest BCUT2D eigenvalue weighted by atomic mass is 35.5. The summed E-state index contributed by atoms with van der Waals surface area (Å²) < 4.78 is 0. The van der Waals surface area contributed by atoms with Crippen LogP contribution in [0, 0.1) is 6.92 Å². The molecule has 0 spiro atoms. The average molecular weight is 253 g/mol. The van der Waals surface area contributed by atoms with Gasteiger partial charge in [-0.1, -0.05) is 23.7 Å². The van der Waals surface area contributed by atoms with E-state index in [1.165, 1.54) is 0 Å². The van der Waals surface area contributed by atoms with Crippen LogP contribution in [0.2, 0.25) is 5.02 Å². The Hall–Kier alpha value is -0.900. The van der Waals surface area contributed by atoms with E-state index in [4.69, 9.17) is 17.3 Å². The largest absolute Gasteiger partial charge is 0.323 e. The van der Waals surface area contributed by atoms with Crippen molar-refractivity contribution in [1.29, 1.82) is 0 Å². The van der Waals surface area contributed by atoms with Crippen molar-refractivity contribution in [2.45, 2.75) is 19.9 Å². The molecule has 0 fully saturated rings. The standard InChI is InChI=1S/C12H13ClN2S/c1-7(14)11-8(2)15-12(16-11)9-4-3-5-10(13)6-9/h3-7H,14H2,1-2H3. The second-order valence-corrected chi connectivity index (χ2v) is 5.23. The lowest BCUT2D eigenvalue weighted by Gasteiger charge is -2.00. The van der Waals surface area contributed by atoms with Gasteiger partial charge in [-0.25, -0.2) is 4.98 Å². The number of hydrogen-bond donors (Lipinski definition) is 1. The van der Waals surface area contributed by atoms with Gasteiger partial charge in [0.05, 0.1) is 5.69 Å². The zero-order valence-corrected chi connectivity index (χ0v) is 10.8. The van der Waals surface area contributed by atoms with Crippen molar-refractivity contribution in [1.82, 2.24) is 4.98 Å². The van der Waals surface area contributed by atoms with Gasteiger partial charge in [0, 0.05) is 21.5 Å². The Balaban J connectivity index is 2.45. The van der Waals surface area contributed by atoms with E-state index in [2.05, 4.69) is 4.98 Å². The molecule has 2 nitrogen and oxygen atoms in total. The van der Waals surface area contributed by atoms with E-state index in [-0.39, 0.29) is 6.04 Å². The lowest BCUT2D eigenvalue weighted by molar-refractivity contribution is 0.825. The second kappa shape index (κ2) is 4.53. The zero-order chi connectivity index (χ0) is 11.7. The normalized spacial score (nSPS) is 12.8. The first-order valence-electron chi connectivity index (χ1n) is 5.07. The number of thiazole rings is 1. The molecule has 2 rings (SSSR count). The molecule has 0 amide bonds. The van der Waals surface area contributed by atoms with Crippen LogP contribution < -0.4 is 5.73 Å². The third-order valence-electron chi connectivity index (χ3n) is 2.32. The Morgan fingerprint density at radius 2 is 2.19 bits per heavy atom. The highest BCUT2D eigenvalue weighted by Crippen LogP contribution is 2.31. The van der Waals surface area contributed by atoms with Crippen LogP contribution in [0.5, 0.6) is 0 Å². The molecule has 0 aliphatic heterocycles. The molecule has 1 heterocycles. The molecule has 0 saturated heterocycles. The maximum Gasteiger partial charge on any atom is 0.123 e. The van der Waals surface area contributed by atoms with Crippen molar-refractivity contribution in [3.05, 3.63) is 39.9 Å². The highest BCUT2D eigenvalue weighted by Gasteiger charge is 2.12. The summed E-state index contributed by atoms with van der Waals surface area (Å²) in [5.41, 5.74) is 7.94. The summed E-state index contributed by atoms with van der Waals surface area (Å²) in [4.78, 5) is 5.66. The summed E-state index contributed by atoms with van der Waals surface area (Å²) in [6, 6.07) is 7.75. The molecule has 0 radical (unpaired) electrons. The van der Waals surface area contributed by atoms with Crippen LogP contribution >= 0.6 is 22.9 Å². The van der Waals surface area contributed by atoms with Crippen LogP contribution in [0.15, 0.2) is 24.3 Å². The molecule has 1 aromatic carbocycles. The Morgan fingerprint density at radius 3 is 2.75 bits per heavy atom. The molecule has 0 saturated carbocycles. The minimum Gasteiger partial charge on any atom is -0.323 e. The molecular formula is C12H13ClN2S. The van der Waals surface area contributed by atoms with Crippen LogP contribution in [-0.4, -0.2) is 4.98 Å². The van der Waals surface area contributed by atoms with Crippen LogP contribution in [0.4, 0.5) is 0 Å². The van der Waals surface area contributed by atoms with Gasteiger partial charge in [0.15, 0.2) is 0 Å². The monoisotopic (exact) mass is 252 g/mol. The molecule has 2 aromatic rings. The number of nitrogens with zero attached hydrogens (tertiary/aromatic N) is 1. The van der Waals surface area contributed by atoms with Crippen molar-refractivity contribution >= 4 is 22.9 Å². The molecular weight excluding hydrogens is 240 g/mol. The molecule has 0 aliphatic rings. The van der Waals surface area contributed by atoms with E-state index >= 15 is 0 Å². The summed E-state index contributed by atoms with van der Waals surface area (Å²) in [6.45, 7) is 3.96. The molecule has 2 N–H and O–H groups in total. The SMILES string of the molecule is Cc1nc(-c2cccc(Cl)c2)sc1C(C)N. The van der Waals surface area contributed by atoms with E-state index in [0.29, 0.717) is 0 Å². The first-order chi connectivity index (χ1) is 7.58. The minimum absolute atomic E-state index is 0.0328. The van der Waals surface area contributed by atoms with Crippen LogP contribution in [0.25, 0.3) is 10.6 Å². The summed E-state index contributed by atoms with van der Waals surface area (Å²) in [7, 11) is 0. The van der Waals surface area contributed by atoms with E-state index in [0.717, 1.165) is 26.2 Å². The molecule has 1 atom stereocenters. The summed E-state index contributed by atoms with van der Waals surface area (Å²) in [5.74, 6) is 0. The molecule has 0 aliphatic carbocycles. The van der Waals surface area contributed by atoms with Crippen molar-refractivity contribution in [3.8, 4) is 10.6 Å². The maximum absolute atomic E-state index is 5.96. The van der Waals surface area contributed by atoms with Gasteiger partial charge >= 0.3 is 0 Å². The lowest BCUT2D eigenvalue weighted by atomic mass is 10.2. The number of halogens is 1. The molecule has 1 aromatic heterocycles. The van der Waals surface area contributed by atoms with E-state index in [1.807, 2.05) is 38.1 Å². The highest BCUT2D eigenvalue weighted by molar-refractivity contribution is 7.15. The Morgan fingerprint density at radius 1 is 1.44 bits per heavy atom. The fourth-order valence-electron chi connectivity index (χ4n) is 1.58. The molecule has 1 unspecified atom stereocenters. The number of rotatable bonds is 2.